The van der Waals surface area contributed by atoms with Crippen LogP contribution in [0.3, 0.4) is 0 Å². The predicted molar refractivity (Wildman–Crippen MR) is 91.6 cm³/mol. The summed E-state index contributed by atoms with van der Waals surface area (Å²) in [6, 6.07) is 14.4. The molecule has 0 fully saturated rings. The third kappa shape index (κ3) is 4.83. The Morgan fingerprint density at radius 2 is 2.04 bits per heavy atom. The predicted octanol–water partition coefficient (Wildman–Crippen LogP) is 3.08. The first-order valence-corrected chi connectivity index (χ1v) is 7.29. The van der Waals surface area contributed by atoms with Crippen molar-refractivity contribution in [3.8, 4) is 6.07 Å². The van der Waals surface area contributed by atoms with E-state index in [1.807, 2.05) is 25.1 Å². The Hall–Kier alpha value is -2.84. The van der Waals surface area contributed by atoms with E-state index in [2.05, 4.69) is 15.8 Å². The SMILES string of the molecule is Cc1c(Cl)cccc1NCC(=O)N/N=C/c1ccc(C#N)cc1. The van der Waals surface area contributed by atoms with E-state index in [-0.39, 0.29) is 12.5 Å². The van der Waals surface area contributed by atoms with Gasteiger partial charge in [0.15, 0.2) is 0 Å². The normalized spacial score (nSPS) is 10.3. The summed E-state index contributed by atoms with van der Waals surface area (Å²) in [6.45, 7) is 1.97. The highest BCUT2D eigenvalue weighted by molar-refractivity contribution is 6.31. The van der Waals surface area contributed by atoms with E-state index < -0.39 is 0 Å². The third-order valence-electron chi connectivity index (χ3n) is 3.15. The average molecular weight is 327 g/mol. The lowest BCUT2D eigenvalue weighted by Crippen LogP contribution is -2.26. The largest absolute Gasteiger partial charge is 0.376 e. The van der Waals surface area contributed by atoms with Crippen LogP contribution in [-0.4, -0.2) is 18.7 Å². The Bertz CT molecular complexity index is 763. The van der Waals surface area contributed by atoms with Crippen LogP contribution >= 0.6 is 11.6 Å². The van der Waals surface area contributed by atoms with E-state index in [9.17, 15) is 4.79 Å². The quantitative estimate of drug-likeness (QED) is 0.654. The number of carbonyl (C=O) groups excluding carboxylic acids is 1. The summed E-state index contributed by atoms with van der Waals surface area (Å²) in [5, 5.41) is 16.2. The van der Waals surface area contributed by atoms with E-state index in [4.69, 9.17) is 16.9 Å². The monoisotopic (exact) mass is 326 g/mol. The number of nitrogens with one attached hydrogen (secondary N) is 2. The molecule has 0 radical (unpaired) electrons. The van der Waals surface area contributed by atoms with Crippen molar-refractivity contribution in [2.24, 2.45) is 5.10 Å². The number of nitriles is 1. The Morgan fingerprint density at radius 1 is 1.30 bits per heavy atom. The summed E-state index contributed by atoms with van der Waals surface area (Å²) in [7, 11) is 0. The molecule has 1 amide bonds. The second kappa shape index (κ2) is 7.97. The maximum absolute atomic E-state index is 11.7. The molecular formula is C17H15ClN4O. The minimum atomic E-state index is -0.269. The van der Waals surface area contributed by atoms with E-state index in [1.165, 1.54) is 6.21 Å². The number of benzene rings is 2. The first kappa shape index (κ1) is 16.5. The fourth-order valence-corrected chi connectivity index (χ4v) is 2.01. The summed E-state index contributed by atoms with van der Waals surface area (Å²) >= 11 is 6.02. The number of amides is 1. The van der Waals surface area contributed by atoms with Gasteiger partial charge in [0.25, 0.3) is 5.91 Å². The van der Waals surface area contributed by atoms with Crippen molar-refractivity contribution in [2.45, 2.75) is 6.92 Å². The van der Waals surface area contributed by atoms with Crippen molar-refractivity contribution in [1.82, 2.24) is 5.43 Å². The summed E-state index contributed by atoms with van der Waals surface area (Å²) in [6.07, 6.45) is 1.52. The van der Waals surface area contributed by atoms with Crippen LogP contribution in [0, 0.1) is 18.3 Å². The number of hydrazone groups is 1. The zero-order valence-corrected chi connectivity index (χ0v) is 13.3. The topological polar surface area (TPSA) is 77.3 Å². The first-order valence-electron chi connectivity index (χ1n) is 6.91. The lowest BCUT2D eigenvalue weighted by molar-refractivity contribution is -0.119. The van der Waals surface area contributed by atoms with Crippen LogP contribution in [0.25, 0.3) is 0 Å². The first-order chi connectivity index (χ1) is 11.1. The molecule has 0 bridgehead atoms. The molecule has 0 heterocycles. The second-order valence-corrected chi connectivity index (χ2v) is 5.20. The van der Waals surface area contributed by atoms with E-state index in [0.29, 0.717) is 10.6 Å². The third-order valence-corrected chi connectivity index (χ3v) is 3.56. The maximum atomic E-state index is 11.7. The van der Waals surface area contributed by atoms with Crippen molar-refractivity contribution in [2.75, 3.05) is 11.9 Å². The minimum Gasteiger partial charge on any atom is -0.376 e. The van der Waals surface area contributed by atoms with Crippen molar-refractivity contribution >= 4 is 29.4 Å². The van der Waals surface area contributed by atoms with Gasteiger partial charge in [-0.25, -0.2) is 5.43 Å². The Labute approximate surface area is 139 Å². The smallest absolute Gasteiger partial charge is 0.259 e. The summed E-state index contributed by atoms with van der Waals surface area (Å²) in [5.41, 5.74) is 5.51. The zero-order valence-electron chi connectivity index (χ0n) is 12.5. The van der Waals surface area contributed by atoms with Crippen LogP contribution in [0.2, 0.25) is 5.02 Å². The van der Waals surface area contributed by atoms with Gasteiger partial charge in [-0.05, 0) is 42.3 Å². The molecule has 2 N–H and O–H groups in total. The van der Waals surface area contributed by atoms with E-state index >= 15 is 0 Å². The highest BCUT2D eigenvalue weighted by Gasteiger charge is 2.04. The van der Waals surface area contributed by atoms with Crippen LogP contribution in [0.4, 0.5) is 5.69 Å². The molecule has 0 spiro atoms. The molecule has 5 nitrogen and oxygen atoms in total. The van der Waals surface area contributed by atoms with E-state index in [1.54, 1.807) is 30.3 Å². The number of carbonyl (C=O) groups is 1. The van der Waals surface area contributed by atoms with Gasteiger partial charge in [-0.1, -0.05) is 29.8 Å². The number of hydrogen-bond donors (Lipinski definition) is 2. The van der Waals surface area contributed by atoms with Crippen molar-refractivity contribution in [1.29, 1.82) is 5.26 Å². The second-order valence-electron chi connectivity index (χ2n) is 4.79. The number of halogens is 1. The highest BCUT2D eigenvalue weighted by atomic mass is 35.5. The highest BCUT2D eigenvalue weighted by Crippen LogP contribution is 2.22. The van der Waals surface area contributed by atoms with Crippen LogP contribution in [0.5, 0.6) is 0 Å². The summed E-state index contributed by atoms with van der Waals surface area (Å²) in [4.78, 5) is 11.7. The van der Waals surface area contributed by atoms with Gasteiger partial charge < -0.3 is 5.32 Å². The van der Waals surface area contributed by atoms with Crippen molar-refractivity contribution in [3.05, 3.63) is 64.2 Å². The fourth-order valence-electron chi connectivity index (χ4n) is 1.84. The molecule has 0 aliphatic carbocycles. The van der Waals surface area contributed by atoms with Gasteiger partial charge in [0.1, 0.15) is 0 Å². The van der Waals surface area contributed by atoms with Gasteiger partial charge in [0, 0.05) is 10.7 Å². The number of anilines is 1. The van der Waals surface area contributed by atoms with Gasteiger partial charge in [-0.2, -0.15) is 10.4 Å². The zero-order chi connectivity index (χ0) is 16.7. The molecule has 0 atom stereocenters. The molecule has 0 unspecified atom stereocenters. The van der Waals surface area contributed by atoms with Crippen LogP contribution < -0.4 is 10.7 Å². The number of nitrogens with zero attached hydrogens (tertiary/aromatic N) is 2. The Morgan fingerprint density at radius 3 is 2.74 bits per heavy atom. The molecule has 23 heavy (non-hydrogen) atoms. The van der Waals surface area contributed by atoms with Gasteiger partial charge >= 0.3 is 0 Å². The molecule has 0 aliphatic heterocycles. The lowest BCUT2D eigenvalue weighted by atomic mass is 10.2. The molecule has 0 aliphatic rings. The van der Waals surface area contributed by atoms with Gasteiger partial charge in [0.05, 0.1) is 24.4 Å². The molecule has 2 aromatic carbocycles. The minimum absolute atomic E-state index is 0.0892. The fraction of sp³-hybridized carbons (Fsp3) is 0.118. The molecule has 0 saturated carbocycles. The lowest BCUT2D eigenvalue weighted by Gasteiger charge is -2.09. The van der Waals surface area contributed by atoms with E-state index in [0.717, 1.165) is 16.8 Å². The van der Waals surface area contributed by atoms with Gasteiger partial charge in [0.2, 0.25) is 0 Å². The van der Waals surface area contributed by atoms with Crippen LogP contribution in [0.1, 0.15) is 16.7 Å². The van der Waals surface area contributed by atoms with Gasteiger partial charge in [-0.15, -0.1) is 0 Å². The average Bonchev–Trinajstić information content (AvgIpc) is 2.57. The molecule has 0 saturated heterocycles. The summed E-state index contributed by atoms with van der Waals surface area (Å²) < 4.78 is 0. The molecule has 2 aromatic rings. The molecular weight excluding hydrogens is 312 g/mol. The number of hydrogen-bond acceptors (Lipinski definition) is 4. The summed E-state index contributed by atoms with van der Waals surface area (Å²) in [5.74, 6) is -0.269. The van der Waals surface area contributed by atoms with Crippen LogP contribution in [-0.2, 0) is 4.79 Å². The molecule has 0 aromatic heterocycles. The Balaban J connectivity index is 1.84. The molecule has 2 rings (SSSR count). The standard InChI is InChI=1S/C17H15ClN4O/c1-12-15(18)3-2-4-16(12)20-11-17(23)22-21-10-14-7-5-13(9-19)6-8-14/h2-8,10,20H,11H2,1H3,(H,22,23)/b21-10+. The van der Waals surface area contributed by atoms with Crippen molar-refractivity contribution < 1.29 is 4.79 Å². The molecule has 6 heteroatoms. The van der Waals surface area contributed by atoms with Crippen molar-refractivity contribution in [3.63, 3.8) is 0 Å². The maximum Gasteiger partial charge on any atom is 0.259 e. The Kier molecular flexibility index (Phi) is 5.73. The van der Waals surface area contributed by atoms with Gasteiger partial charge in [-0.3, -0.25) is 4.79 Å². The molecule has 116 valence electrons. The number of rotatable bonds is 5. The van der Waals surface area contributed by atoms with Crippen LogP contribution in [0.15, 0.2) is 47.6 Å².